The summed E-state index contributed by atoms with van der Waals surface area (Å²) in [5.41, 5.74) is 1.52. The van der Waals surface area contributed by atoms with Crippen LogP contribution in [0.4, 0.5) is 13.6 Å². The number of aromatic nitrogens is 2. The maximum atomic E-state index is 12.4. The zero-order valence-corrected chi connectivity index (χ0v) is 13.9. The van der Waals surface area contributed by atoms with Gasteiger partial charge in [-0.15, -0.1) is 0 Å². The van der Waals surface area contributed by atoms with Crippen molar-refractivity contribution in [2.75, 3.05) is 6.54 Å². The Labute approximate surface area is 147 Å². The van der Waals surface area contributed by atoms with Crippen molar-refractivity contribution in [3.63, 3.8) is 0 Å². The fourth-order valence-corrected chi connectivity index (χ4v) is 2.63. The zero-order chi connectivity index (χ0) is 18.0. The first-order valence-corrected chi connectivity index (χ1v) is 7.81. The monoisotopic (exact) mass is 369 g/mol. The van der Waals surface area contributed by atoms with Crippen LogP contribution in [0.25, 0.3) is 11.3 Å². The molecule has 1 aromatic heterocycles. The van der Waals surface area contributed by atoms with Crippen LogP contribution in [0.5, 0.6) is 5.75 Å². The van der Waals surface area contributed by atoms with Gasteiger partial charge in [0.25, 0.3) is 0 Å². The Kier molecular flexibility index (Phi) is 4.98. The molecule has 0 radical (unpaired) electrons. The fourth-order valence-electron chi connectivity index (χ4n) is 2.46. The van der Waals surface area contributed by atoms with Gasteiger partial charge < -0.3 is 9.47 Å². The van der Waals surface area contributed by atoms with Crippen molar-refractivity contribution < 1.29 is 23.0 Å². The van der Waals surface area contributed by atoms with E-state index in [-0.39, 0.29) is 23.4 Å². The van der Waals surface area contributed by atoms with E-state index in [0.29, 0.717) is 23.5 Å². The highest BCUT2D eigenvalue weighted by Gasteiger charge is 2.28. The molecule has 0 N–H and O–H groups in total. The molecule has 0 aliphatic carbocycles. The number of cyclic esters (lactones) is 1. The second kappa shape index (κ2) is 7.18. The maximum absolute atomic E-state index is 12.4. The van der Waals surface area contributed by atoms with Gasteiger partial charge in [0.2, 0.25) is 0 Å². The second-order valence-corrected chi connectivity index (χ2v) is 5.90. The molecule has 0 saturated carbocycles. The van der Waals surface area contributed by atoms with E-state index in [4.69, 9.17) is 16.3 Å². The standard InChI is InChI=1S/C16H14ClF2N3O3/c1-9-7-22(16(23)24-9)8-11-5-20-6-13(21-11)10-2-3-12(17)14(4-10)25-15(18)19/h2-6,9,15H,7-8H2,1H3/t9-/m1/s1. The van der Waals surface area contributed by atoms with Crippen molar-refractivity contribution in [1.82, 2.24) is 14.9 Å². The molecule has 132 valence electrons. The van der Waals surface area contributed by atoms with E-state index in [1.54, 1.807) is 13.0 Å². The summed E-state index contributed by atoms with van der Waals surface area (Å²) in [5.74, 6) is -0.140. The van der Waals surface area contributed by atoms with Gasteiger partial charge in [-0.25, -0.2) is 9.78 Å². The lowest BCUT2D eigenvalue weighted by atomic mass is 10.1. The topological polar surface area (TPSA) is 64.5 Å². The van der Waals surface area contributed by atoms with Crippen LogP contribution in [-0.2, 0) is 11.3 Å². The highest BCUT2D eigenvalue weighted by atomic mass is 35.5. The van der Waals surface area contributed by atoms with Crippen molar-refractivity contribution in [1.29, 1.82) is 0 Å². The van der Waals surface area contributed by atoms with E-state index >= 15 is 0 Å². The van der Waals surface area contributed by atoms with Crippen LogP contribution in [0.3, 0.4) is 0 Å². The van der Waals surface area contributed by atoms with Crippen LogP contribution in [-0.4, -0.2) is 40.2 Å². The Morgan fingerprint density at radius 3 is 2.92 bits per heavy atom. The van der Waals surface area contributed by atoms with Gasteiger partial charge in [0.15, 0.2) is 0 Å². The molecule has 2 aromatic rings. The SMILES string of the molecule is C[C@@H]1CN(Cc2cncc(-c3ccc(Cl)c(OC(F)F)c3)n2)C(=O)O1. The lowest BCUT2D eigenvalue weighted by Gasteiger charge is -2.13. The highest BCUT2D eigenvalue weighted by molar-refractivity contribution is 6.32. The summed E-state index contributed by atoms with van der Waals surface area (Å²) in [7, 11) is 0. The number of ether oxygens (including phenoxy) is 2. The van der Waals surface area contributed by atoms with E-state index in [1.165, 1.54) is 29.4 Å². The number of amides is 1. The van der Waals surface area contributed by atoms with Gasteiger partial charge in [-0.05, 0) is 19.1 Å². The van der Waals surface area contributed by atoms with Crippen LogP contribution >= 0.6 is 11.6 Å². The summed E-state index contributed by atoms with van der Waals surface area (Å²) in [6.45, 7) is -0.456. The molecule has 1 atom stereocenters. The number of halogens is 3. The minimum atomic E-state index is -2.98. The Morgan fingerprint density at radius 1 is 1.44 bits per heavy atom. The number of rotatable bonds is 5. The summed E-state index contributed by atoms with van der Waals surface area (Å²) < 4.78 is 34.3. The number of nitrogens with zero attached hydrogens (tertiary/aromatic N) is 3. The first kappa shape index (κ1) is 17.3. The van der Waals surface area contributed by atoms with Crippen molar-refractivity contribution in [2.24, 2.45) is 0 Å². The zero-order valence-electron chi connectivity index (χ0n) is 13.2. The van der Waals surface area contributed by atoms with E-state index in [9.17, 15) is 13.6 Å². The van der Waals surface area contributed by atoms with Crippen LogP contribution in [0.1, 0.15) is 12.6 Å². The van der Waals surface area contributed by atoms with E-state index < -0.39 is 12.7 Å². The number of carbonyl (C=O) groups is 1. The number of hydrogen-bond donors (Lipinski definition) is 0. The molecule has 1 aliphatic rings. The van der Waals surface area contributed by atoms with Gasteiger partial charge in [0, 0.05) is 5.56 Å². The molecule has 3 rings (SSSR count). The van der Waals surface area contributed by atoms with Crippen LogP contribution in [0, 0.1) is 0 Å². The molecule has 6 nitrogen and oxygen atoms in total. The molecule has 0 bridgehead atoms. The number of alkyl halides is 2. The highest BCUT2D eigenvalue weighted by Crippen LogP contribution is 2.31. The third-order valence-corrected chi connectivity index (χ3v) is 3.83. The quantitative estimate of drug-likeness (QED) is 0.803. The molecule has 9 heteroatoms. The second-order valence-electron chi connectivity index (χ2n) is 5.49. The minimum absolute atomic E-state index is 0.0713. The Balaban J connectivity index is 1.83. The molecule has 1 aromatic carbocycles. The first-order chi connectivity index (χ1) is 11.9. The number of carbonyl (C=O) groups excluding carboxylic acids is 1. The first-order valence-electron chi connectivity index (χ1n) is 7.43. The van der Waals surface area contributed by atoms with Crippen molar-refractivity contribution in [3.8, 4) is 17.0 Å². The molecule has 0 unspecified atom stereocenters. The van der Waals surface area contributed by atoms with Gasteiger partial charge in [-0.1, -0.05) is 17.7 Å². The molecule has 25 heavy (non-hydrogen) atoms. The Bertz CT molecular complexity index is 791. The summed E-state index contributed by atoms with van der Waals surface area (Å²) in [5, 5.41) is 0.0713. The number of hydrogen-bond acceptors (Lipinski definition) is 5. The smallest absolute Gasteiger partial charge is 0.410 e. The largest absolute Gasteiger partial charge is 0.444 e. The Hall–Kier alpha value is -2.48. The lowest BCUT2D eigenvalue weighted by Crippen LogP contribution is -2.24. The fraction of sp³-hybridized carbons (Fsp3) is 0.312. The summed E-state index contributed by atoms with van der Waals surface area (Å²) >= 11 is 5.85. The minimum Gasteiger partial charge on any atom is -0.444 e. The van der Waals surface area contributed by atoms with Crippen molar-refractivity contribution >= 4 is 17.7 Å². The average Bonchev–Trinajstić information content (AvgIpc) is 2.87. The molecule has 1 fully saturated rings. The molecular formula is C16H14ClF2N3O3. The van der Waals surface area contributed by atoms with Gasteiger partial charge in [0.05, 0.1) is 41.9 Å². The molecular weight excluding hydrogens is 356 g/mol. The van der Waals surface area contributed by atoms with E-state index in [1.807, 2.05) is 0 Å². The van der Waals surface area contributed by atoms with E-state index in [2.05, 4.69) is 14.7 Å². The molecule has 1 amide bonds. The third-order valence-electron chi connectivity index (χ3n) is 3.52. The van der Waals surface area contributed by atoms with Crippen molar-refractivity contribution in [3.05, 3.63) is 41.3 Å². The third kappa shape index (κ3) is 4.14. The average molecular weight is 370 g/mol. The van der Waals surface area contributed by atoms with Crippen molar-refractivity contribution in [2.45, 2.75) is 26.2 Å². The van der Waals surface area contributed by atoms with E-state index in [0.717, 1.165) is 0 Å². The lowest BCUT2D eigenvalue weighted by molar-refractivity contribution is -0.0497. The maximum Gasteiger partial charge on any atom is 0.410 e. The summed E-state index contributed by atoms with van der Waals surface area (Å²) in [4.78, 5) is 21.7. The van der Waals surface area contributed by atoms with Crippen LogP contribution in [0.15, 0.2) is 30.6 Å². The molecule has 1 aliphatic heterocycles. The van der Waals surface area contributed by atoms with Gasteiger partial charge in [0.1, 0.15) is 11.9 Å². The van der Waals surface area contributed by atoms with Crippen LogP contribution < -0.4 is 4.74 Å². The van der Waals surface area contributed by atoms with Crippen LogP contribution in [0.2, 0.25) is 5.02 Å². The predicted molar refractivity (Wildman–Crippen MR) is 85.5 cm³/mol. The van der Waals surface area contributed by atoms with Gasteiger partial charge >= 0.3 is 12.7 Å². The normalized spacial score (nSPS) is 17.1. The number of benzene rings is 1. The predicted octanol–water partition coefficient (Wildman–Crippen LogP) is 3.74. The summed E-state index contributed by atoms with van der Waals surface area (Å²) in [6.07, 6.45) is 2.45. The summed E-state index contributed by atoms with van der Waals surface area (Å²) in [6, 6.07) is 4.44. The Morgan fingerprint density at radius 2 is 2.24 bits per heavy atom. The molecule has 0 spiro atoms. The van der Waals surface area contributed by atoms with Gasteiger partial charge in [-0.2, -0.15) is 8.78 Å². The molecule has 1 saturated heterocycles. The molecule has 2 heterocycles. The van der Waals surface area contributed by atoms with Gasteiger partial charge in [-0.3, -0.25) is 9.88 Å².